The van der Waals surface area contributed by atoms with Gasteiger partial charge in [-0.1, -0.05) is 18.2 Å². The van der Waals surface area contributed by atoms with E-state index in [1.165, 1.54) is 17.0 Å². The van der Waals surface area contributed by atoms with Gasteiger partial charge >= 0.3 is 11.6 Å². The SMILES string of the molecule is CC(Oc1ccc2c(-c3ccccc3C#N)cc(=O)oc2c1)C(=O)N1CCC[C@H](C(=O)O)C1. The van der Waals surface area contributed by atoms with Crippen LogP contribution < -0.4 is 10.4 Å². The molecule has 8 nitrogen and oxygen atoms in total. The molecule has 2 aromatic carbocycles. The van der Waals surface area contributed by atoms with Gasteiger partial charge in [0.05, 0.1) is 17.6 Å². The largest absolute Gasteiger partial charge is 0.481 e. The number of aliphatic carboxylic acids is 1. The highest BCUT2D eigenvalue weighted by atomic mass is 16.5. The lowest BCUT2D eigenvalue weighted by Gasteiger charge is -2.32. The average Bonchev–Trinajstić information content (AvgIpc) is 2.82. The van der Waals surface area contributed by atoms with E-state index in [-0.39, 0.29) is 18.0 Å². The Balaban J connectivity index is 1.60. The van der Waals surface area contributed by atoms with Gasteiger partial charge in [0, 0.05) is 41.7 Å². The molecule has 0 bridgehead atoms. The van der Waals surface area contributed by atoms with E-state index in [2.05, 4.69) is 6.07 Å². The van der Waals surface area contributed by atoms with E-state index in [0.717, 1.165) is 0 Å². The molecule has 4 rings (SSSR count). The Hall–Kier alpha value is -4.12. The van der Waals surface area contributed by atoms with Crippen LogP contribution in [0.5, 0.6) is 5.75 Å². The highest BCUT2D eigenvalue weighted by Gasteiger charge is 2.31. The summed E-state index contributed by atoms with van der Waals surface area (Å²) >= 11 is 0. The first-order valence-corrected chi connectivity index (χ1v) is 10.6. The minimum atomic E-state index is -0.903. The fourth-order valence-corrected chi connectivity index (χ4v) is 4.15. The summed E-state index contributed by atoms with van der Waals surface area (Å²) < 4.78 is 11.2. The van der Waals surface area contributed by atoms with Gasteiger partial charge in [-0.2, -0.15) is 5.26 Å². The molecule has 1 aliphatic heterocycles. The number of carboxylic acids is 1. The van der Waals surface area contributed by atoms with Crippen molar-refractivity contribution < 1.29 is 23.8 Å². The highest BCUT2D eigenvalue weighted by Crippen LogP contribution is 2.32. The van der Waals surface area contributed by atoms with E-state index in [0.29, 0.717) is 47.2 Å². The predicted octanol–water partition coefficient (Wildman–Crippen LogP) is 3.42. The Kier molecular flexibility index (Phi) is 6.13. The second-order valence-corrected chi connectivity index (χ2v) is 8.02. The van der Waals surface area contributed by atoms with Crippen LogP contribution in [0.3, 0.4) is 0 Å². The second-order valence-electron chi connectivity index (χ2n) is 8.02. The van der Waals surface area contributed by atoms with Crippen molar-refractivity contribution in [3.8, 4) is 22.9 Å². The molecule has 1 aliphatic rings. The van der Waals surface area contributed by atoms with Crippen molar-refractivity contribution in [2.24, 2.45) is 5.92 Å². The quantitative estimate of drug-likeness (QED) is 0.596. The normalized spacial score (nSPS) is 16.7. The first kappa shape index (κ1) is 22.1. The summed E-state index contributed by atoms with van der Waals surface area (Å²) in [5.41, 5.74) is 1.33. The van der Waals surface area contributed by atoms with Crippen molar-refractivity contribution in [1.29, 1.82) is 5.26 Å². The standard InChI is InChI=1S/C25H22N2O6/c1-15(24(29)27-10-4-6-17(14-27)25(30)31)32-18-8-9-20-21(12-23(28)33-22(20)11-18)19-7-3-2-5-16(19)13-26/h2-3,5,7-9,11-12,15,17H,4,6,10,14H2,1H3,(H,30,31)/t15?,17-/m0/s1. The zero-order chi connectivity index (χ0) is 23.5. The van der Waals surface area contributed by atoms with E-state index in [1.54, 1.807) is 43.3 Å². The molecule has 3 aromatic rings. The molecule has 0 aliphatic carbocycles. The van der Waals surface area contributed by atoms with Crippen LogP contribution in [0.4, 0.5) is 0 Å². The summed E-state index contributed by atoms with van der Waals surface area (Å²) in [6, 6.07) is 15.4. The zero-order valence-electron chi connectivity index (χ0n) is 18.0. The number of fused-ring (bicyclic) bond motifs is 1. The lowest BCUT2D eigenvalue weighted by molar-refractivity contribution is -0.147. The average molecular weight is 446 g/mol. The molecule has 2 heterocycles. The molecular weight excluding hydrogens is 424 g/mol. The van der Waals surface area contributed by atoms with E-state index in [4.69, 9.17) is 9.15 Å². The molecule has 1 N–H and O–H groups in total. The minimum absolute atomic E-state index is 0.163. The van der Waals surface area contributed by atoms with Crippen LogP contribution >= 0.6 is 0 Å². The first-order valence-electron chi connectivity index (χ1n) is 10.6. The van der Waals surface area contributed by atoms with Crippen LogP contribution in [0, 0.1) is 17.2 Å². The van der Waals surface area contributed by atoms with Gasteiger partial charge in [-0.15, -0.1) is 0 Å². The molecule has 0 saturated carbocycles. The number of amides is 1. The molecule has 0 spiro atoms. The van der Waals surface area contributed by atoms with Gasteiger partial charge in [0.2, 0.25) is 0 Å². The fraction of sp³-hybridized carbons (Fsp3) is 0.280. The summed E-state index contributed by atoms with van der Waals surface area (Å²) in [7, 11) is 0. The van der Waals surface area contributed by atoms with Gasteiger partial charge in [0.25, 0.3) is 5.91 Å². The fourth-order valence-electron chi connectivity index (χ4n) is 4.15. The maximum absolute atomic E-state index is 12.8. The molecule has 0 radical (unpaired) electrons. The number of nitriles is 1. The van der Waals surface area contributed by atoms with Gasteiger partial charge < -0.3 is 19.2 Å². The molecular formula is C25H22N2O6. The van der Waals surface area contributed by atoms with Crippen LogP contribution in [0.2, 0.25) is 0 Å². The van der Waals surface area contributed by atoms with E-state index < -0.39 is 23.6 Å². The van der Waals surface area contributed by atoms with Crippen LogP contribution in [0.25, 0.3) is 22.1 Å². The molecule has 8 heteroatoms. The molecule has 33 heavy (non-hydrogen) atoms. The van der Waals surface area contributed by atoms with Crippen molar-refractivity contribution in [2.75, 3.05) is 13.1 Å². The number of benzene rings is 2. The number of hydrogen-bond donors (Lipinski definition) is 1. The monoisotopic (exact) mass is 446 g/mol. The van der Waals surface area contributed by atoms with Crippen molar-refractivity contribution in [1.82, 2.24) is 4.90 Å². The van der Waals surface area contributed by atoms with Crippen LogP contribution in [0.15, 0.2) is 57.7 Å². The number of rotatable bonds is 5. The first-order chi connectivity index (χ1) is 15.9. The van der Waals surface area contributed by atoms with Crippen LogP contribution in [-0.2, 0) is 9.59 Å². The third-order valence-corrected chi connectivity index (χ3v) is 5.80. The molecule has 168 valence electrons. The number of piperidine rings is 1. The van der Waals surface area contributed by atoms with Crippen molar-refractivity contribution in [3.63, 3.8) is 0 Å². The molecule has 1 unspecified atom stereocenters. The predicted molar refractivity (Wildman–Crippen MR) is 120 cm³/mol. The summed E-state index contributed by atoms with van der Waals surface area (Å²) in [5, 5.41) is 19.3. The van der Waals surface area contributed by atoms with Crippen molar-refractivity contribution >= 4 is 22.8 Å². The van der Waals surface area contributed by atoms with Crippen LogP contribution in [0.1, 0.15) is 25.3 Å². The molecule has 1 saturated heterocycles. The molecule has 1 amide bonds. The van der Waals surface area contributed by atoms with Gasteiger partial charge in [-0.05, 0) is 38.0 Å². The highest BCUT2D eigenvalue weighted by molar-refractivity contribution is 5.95. The smallest absolute Gasteiger partial charge is 0.336 e. The maximum atomic E-state index is 12.8. The van der Waals surface area contributed by atoms with Gasteiger partial charge in [-0.25, -0.2) is 4.79 Å². The number of likely N-dealkylation sites (tertiary alicyclic amines) is 1. The Bertz CT molecular complexity index is 1320. The Morgan fingerprint density at radius 3 is 2.76 bits per heavy atom. The van der Waals surface area contributed by atoms with Crippen LogP contribution in [-0.4, -0.2) is 41.1 Å². The molecule has 2 atom stereocenters. The summed E-state index contributed by atoms with van der Waals surface area (Å²) in [4.78, 5) is 37.8. The number of ether oxygens (including phenoxy) is 1. The van der Waals surface area contributed by atoms with E-state index in [1.807, 2.05) is 0 Å². The third-order valence-electron chi connectivity index (χ3n) is 5.80. The lowest BCUT2D eigenvalue weighted by atomic mass is 9.97. The molecule has 1 fully saturated rings. The summed E-state index contributed by atoms with van der Waals surface area (Å²) in [6.45, 7) is 2.26. The Labute approximate surface area is 189 Å². The lowest BCUT2D eigenvalue weighted by Crippen LogP contribution is -2.47. The minimum Gasteiger partial charge on any atom is -0.481 e. The van der Waals surface area contributed by atoms with Crippen molar-refractivity contribution in [3.05, 3.63) is 64.5 Å². The number of carbonyl (C=O) groups is 2. The molecule has 1 aromatic heterocycles. The number of nitrogens with zero attached hydrogens (tertiary/aromatic N) is 2. The Morgan fingerprint density at radius 1 is 1.21 bits per heavy atom. The number of carbonyl (C=O) groups excluding carboxylic acids is 1. The van der Waals surface area contributed by atoms with E-state index in [9.17, 15) is 24.8 Å². The second kappa shape index (κ2) is 9.17. The topological polar surface area (TPSA) is 121 Å². The third kappa shape index (κ3) is 4.58. The van der Waals surface area contributed by atoms with Gasteiger partial charge in [0.1, 0.15) is 11.3 Å². The summed E-state index contributed by atoms with van der Waals surface area (Å²) in [6.07, 6.45) is 0.336. The van der Waals surface area contributed by atoms with Crippen molar-refractivity contribution in [2.45, 2.75) is 25.9 Å². The maximum Gasteiger partial charge on any atom is 0.336 e. The van der Waals surface area contributed by atoms with Gasteiger partial charge in [-0.3, -0.25) is 9.59 Å². The van der Waals surface area contributed by atoms with Gasteiger partial charge in [0.15, 0.2) is 6.10 Å². The number of carboxylic acid groups (broad SMARTS) is 1. The summed E-state index contributed by atoms with van der Waals surface area (Å²) in [5.74, 6) is -1.43. The van der Waals surface area contributed by atoms with E-state index >= 15 is 0 Å². The Morgan fingerprint density at radius 2 is 2.00 bits per heavy atom. The number of hydrogen-bond acceptors (Lipinski definition) is 6. The zero-order valence-corrected chi connectivity index (χ0v) is 18.0.